The molecule has 0 saturated carbocycles. The first-order valence-electron chi connectivity index (χ1n) is 5.43. The van der Waals surface area contributed by atoms with E-state index >= 15 is 0 Å². The van der Waals surface area contributed by atoms with Crippen LogP contribution in [0.5, 0.6) is 0 Å². The van der Waals surface area contributed by atoms with Crippen molar-refractivity contribution in [3.8, 4) is 0 Å². The lowest BCUT2D eigenvalue weighted by Crippen LogP contribution is -2.77. The van der Waals surface area contributed by atoms with Crippen molar-refractivity contribution < 1.29 is 14.1 Å². The summed E-state index contributed by atoms with van der Waals surface area (Å²) in [6.45, 7) is 7.31. The van der Waals surface area contributed by atoms with Crippen molar-refractivity contribution in [2.24, 2.45) is 5.92 Å². The minimum atomic E-state index is -1.41. The first-order valence-corrected chi connectivity index (χ1v) is 6.58. The number of carbonyl (C=O) groups excluding carboxylic acids is 1. The number of β-lactam (4-membered cyclic amide) rings is 1. The number of carbonyl (C=O) groups is 1. The van der Waals surface area contributed by atoms with E-state index in [1.54, 1.807) is 6.92 Å². The Kier molecular flexibility index (Phi) is 2.51. The molecule has 16 heavy (non-hydrogen) atoms. The predicted molar refractivity (Wildman–Crippen MR) is 62.0 cm³/mol. The SMILES string of the molecule is CC1=C(C)S(=O)[C@@]2([C@@H](O)C(C)C)C(=O)N[C@@H]12. The lowest BCUT2D eigenvalue weighted by molar-refractivity contribution is -0.137. The molecule has 5 heteroatoms. The van der Waals surface area contributed by atoms with E-state index in [1.807, 2.05) is 20.8 Å². The summed E-state index contributed by atoms with van der Waals surface area (Å²) < 4.78 is 11.2. The molecular formula is C11H17NO3S. The van der Waals surface area contributed by atoms with Crippen molar-refractivity contribution in [2.45, 2.75) is 44.6 Å². The first kappa shape index (κ1) is 11.8. The molecule has 0 aromatic carbocycles. The number of fused-ring (bicyclic) bond motifs is 1. The van der Waals surface area contributed by atoms with E-state index in [2.05, 4.69) is 5.32 Å². The van der Waals surface area contributed by atoms with Crippen LogP contribution in [0.25, 0.3) is 0 Å². The van der Waals surface area contributed by atoms with Gasteiger partial charge in [0.25, 0.3) is 0 Å². The van der Waals surface area contributed by atoms with Crippen LogP contribution in [0.3, 0.4) is 0 Å². The Labute approximate surface area is 97.6 Å². The van der Waals surface area contributed by atoms with Crippen molar-refractivity contribution in [1.82, 2.24) is 5.32 Å². The summed E-state index contributed by atoms with van der Waals surface area (Å²) in [4.78, 5) is 12.5. The van der Waals surface area contributed by atoms with E-state index in [1.165, 1.54) is 0 Å². The molecule has 0 aliphatic carbocycles. The number of aliphatic hydroxyl groups is 1. The summed E-state index contributed by atoms with van der Waals surface area (Å²) >= 11 is 0. The van der Waals surface area contributed by atoms with E-state index in [4.69, 9.17) is 0 Å². The Morgan fingerprint density at radius 2 is 2.00 bits per heavy atom. The van der Waals surface area contributed by atoms with E-state index in [9.17, 15) is 14.1 Å². The third-order valence-corrected chi connectivity index (χ3v) is 5.86. The van der Waals surface area contributed by atoms with Crippen LogP contribution < -0.4 is 5.32 Å². The average molecular weight is 243 g/mol. The maximum Gasteiger partial charge on any atom is 0.244 e. The molecule has 1 amide bonds. The zero-order chi connectivity index (χ0) is 12.2. The van der Waals surface area contributed by atoms with Crippen LogP contribution in [0, 0.1) is 5.92 Å². The molecule has 1 saturated heterocycles. The Hall–Kier alpha value is -0.680. The fourth-order valence-electron chi connectivity index (χ4n) is 2.54. The smallest absolute Gasteiger partial charge is 0.244 e. The van der Waals surface area contributed by atoms with Gasteiger partial charge in [0.1, 0.15) is 0 Å². The Morgan fingerprint density at radius 1 is 1.44 bits per heavy atom. The molecule has 1 unspecified atom stereocenters. The predicted octanol–water partition coefficient (Wildman–Crippen LogP) is 0.297. The minimum Gasteiger partial charge on any atom is -0.391 e. The molecule has 0 radical (unpaired) electrons. The Balaban J connectivity index is 2.48. The number of hydrogen-bond donors (Lipinski definition) is 2. The average Bonchev–Trinajstić information content (AvgIpc) is 2.36. The van der Waals surface area contributed by atoms with Gasteiger partial charge in [-0.25, -0.2) is 0 Å². The second kappa shape index (κ2) is 3.40. The van der Waals surface area contributed by atoms with Gasteiger partial charge < -0.3 is 10.4 Å². The number of allylic oxidation sites excluding steroid dienone is 1. The van der Waals surface area contributed by atoms with Gasteiger partial charge in [-0.2, -0.15) is 0 Å². The van der Waals surface area contributed by atoms with E-state index in [0.29, 0.717) is 0 Å². The normalized spacial score (nSPS) is 39.5. The molecule has 2 aliphatic rings. The molecule has 2 heterocycles. The third-order valence-electron chi connectivity index (χ3n) is 3.70. The van der Waals surface area contributed by atoms with Crippen LogP contribution in [0.15, 0.2) is 10.5 Å². The largest absolute Gasteiger partial charge is 0.391 e. The van der Waals surface area contributed by atoms with Crippen molar-refractivity contribution >= 4 is 16.7 Å². The van der Waals surface area contributed by atoms with Crippen molar-refractivity contribution in [3.05, 3.63) is 10.5 Å². The summed E-state index contributed by atoms with van der Waals surface area (Å²) in [7, 11) is -1.41. The second-order valence-electron chi connectivity index (χ2n) is 4.90. The molecule has 0 aromatic heterocycles. The third kappa shape index (κ3) is 1.08. The number of rotatable bonds is 2. The molecule has 90 valence electrons. The summed E-state index contributed by atoms with van der Waals surface area (Å²) in [5.41, 5.74) is 0.928. The van der Waals surface area contributed by atoms with Crippen LogP contribution in [0.1, 0.15) is 27.7 Å². The monoisotopic (exact) mass is 243 g/mol. The Bertz CT molecular complexity index is 415. The number of nitrogens with one attached hydrogen (secondary N) is 1. The number of aliphatic hydroxyl groups excluding tert-OH is 1. The van der Waals surface area contributed by atoms with E-state index in [0.717, 1.165) is 10.5 Å². The molecular weight excluding hydrogens is 226 g/mol. The van der Waals surface area contributed by atoms with Gasteiger partial charge >= 0.3 is 0 Å². The lowest BCUT2D eigenvalue weighted by atomic mass is 9.77. The molecule has 1 fully saturated rings. The molecule has 2 aliphatic heterocycles. The molecule has 2 rings (SSSR count). The van der Waals surface area contributed by atoms with Crippen molar-refractivity contribution in [3.63, 3.8) is 0 Å². The quantitative estimate of drug-likeness (QED) is 0.685. The van der Waals surface area contributed by atoms with E-state index in [-0.39, 0.29) is 17.9 Å². The summed E-state index contributed by atoms with van der Waals surface area (Å²) in [6.07, 6.45) is -0.862. The molecule has 0 bridgehead atoms. The minimum absolute atomic E-state index is 0.0869. The highest BCUT2D eigenvalue weighted by Gasteiger charge is 2.68. The summed E-state index contributed by atoms with van der Waals surface area (Å²) in [5, 5.41) is 12.9. The van der Waals surface area contributed by atoms with Gasteiger partial charge in [-0.05, 0) is 25.3 Å². The second-order valence-corrected chi connectivity index (χ2v) is 6.72. The van der Waals surface area contributed by atoms with E-state index < -0.39 is 21.7 Å². The van der Waals surface area contributed by atoms with Gasteiger partial charge in [-0.15, -0.1) is 0 Å². The highest BCUT2D eigenvalue weighted by Crippen LogP contribution is 2.46. The van der Waals surface area contributed by atoms with Crippen molar-refractivity contribution in [1.29, 1.82) is 0 Å². The summed E-state index contributed by atoms with van der Waals surface area (Å²) in [6, 6.07) is -0.252. The van der Waals surface area contributed by atoms with Gasteiger partial charge in [0, 0.05) is 4.91 Å². The highest BCUT2D eigenvalue weighted by atomic mass is 32.2. The maximum absolute atomic E-state index is 12.3. The summed E-state index contributed by atoms with van der Waals surface area (Å²) in [5.74, 6) is -0.371. The first-order chi connectivity index (χ1) is 7.35. The maximum atomic E-state index is 12.3. The van der Waals surface area contributed by atoms with Crippen LogP contribution >= 0.6 is 0 Å². The molecule has 2 N–H and O–H groups in total. The molecule has 0 spiro atoms. The van der Waals surface area contributed by atoms with Gasteiger partial charge in [-0.3, -0.25) is 9.00 Å². The number of amides is 1. The molecule has 4 nitrogen and oxygen atoms in total. The highest BCUT2D eigenvalue weighted by molar-refractivity contribution is 7.91. The topological polar surface area (TPSA) is 66.4 Å². The van der Waals surface area contributed by atoms with Crippen molar-refractivity contribution in [2.75, 3.05) is 0 Å². The van der Waals surface area contributed by atoms with Gasteiger partial charge in [0.2, 0.25) is 5.91 Å². The molecule has 4 atom stereocenters. The fraction of sp³-hybridized carbons (Fsp3) is 0.727. The van der Waals surface area contributed by atoms with Crippen LogP contribution in [0.4, 0.5) is 0 Å². The van der Waals surface area contributed by atoms with Crippen LogP contribution in [-0.4, -0.2) is 32.1 Å². The zero-order valence-corrected chi connectivity index (χ0v) is 10.7. The Morgan fingerprint density at radius 3 is 2.38 bits per heavy atom. The van der Waals surface area contributed by atoms with Crippen LogP contribution in [-0.2, 0) is 15.6 Å². The van der Waals surface area contributed by atoms with Gasteiger partial charge in [-0.1, -0.05) is 13.8 Å². The zero-order valence-electron chi connectivity index (χ0n) is 9.90. The standard InChI is InChI=1S/C11H17NO3S/c1-5(2)9(13)11-8(12-10(11)14)6(3)7(4)16(11)15/h5,8-9,13H,1-4H3,(H,12,14)/t8-,9-,11-,16?/m0/s1. The van der Waals surface area contributed by atoms with Gasteiger partial charge in [0.15, 0.2) is 4.75 Å². The fourth-order valence-corrected chi connectivity index (χ4v) is 4.62. The van der Waals surface area contributed by atoms with Gasteiger partial charge in [0.05, 0.1) is 22.9 Å². The number of hydrogen-bond acceptors (Lipinski definition) is 3. The lowest BCUT2D eigenvalue weighted by Gasteiger charge is -2.47. The molecule has 0 aromatic rings. The van der Waals surface area contributed by atoms with Crippen LogP contribution in [0.2, 0.25) is 0 Å².